The van der Waals surface area contributed by atoms with Crippen LogP contribution >= 0.6 is 0 Å². The van der Waals surface area contributed by atoms with Crippen molar-refractivity contribution in [2.45, 2.75) is 83.9 Å². The number of benzene rings is 1. The van der Waals surface area contributed by atoms with Gasteiger partial charge in [0.2, 0.25) is 0 Å². The summed E-state index contributed by atoms with van der Waals surface area (Å²) in [6.45, 7) is 11.5. The second-order valence-electron chi connectivity index (χ2n) is 9.55. The van der Waals surface area contributed by atoms with Crippen LogP contribution in [0.4, 0.5) is 13.2 Å². The van der Waals surface area contributed by atoms with Crippen LogP contribution < -0.4 is 5.32 Å². The van der Waals surface area contributed by atoms with Gasteiger partial charge in [-0.3, -0.25) is 0 Å². The molecule has 0 saturated heterocycles. The van der Waals surface area contributed by atoms with Crippen LogP contribution in [0.25, 0.3) is 0 Å². The number of hydrogen-bond donors (Lipinski definition) is 1. The average Bonchev–Trinajstić information content (AvgIpc) is 3.02. The number of nitrogens with one attached hydrogen (secondary N) is 1. The summed E-state index contributed by atoms with van der Waals surface area (Å²) in [7, 11) is -2.06. The van der Waals surface area contributed by atoms with Gasteiger partial charge in [0, 0.05) is 12.6 Å². The lowest BCUT2D eigenvalue weighted by Gasteiger charge is -2.35. The Bertz CT molecular complexity index is 679. The molecule has 2 aliphatic carbocycles. The van der Waals surface area contributed by atoms with Crippen LogP contribution in [-0.2, 0) is 10.6 Å². The van der Waals surface area contributed by atoms with E-state index in [9.17, 15) is 13.2 Å². The minimum Gasteiger partial charge on any atom is -0.409 e. The number of fused-ring (bicyclic) bond motifs is 1. The third-order valence-corrected chi connectivity index (χ3v) is 12.5. The fourth-order valence-corrected chi connectivity index (χ4v) is 8.31. The summed E-state index contributed by atoms with van der Waals surface area (Å²) in [6, 6.07) is 9.11. The van der Waals surface area contributed by atoms with Crippen LogP contribution in [-0.4, -0.2) is 20.9 Å². The Morgan fingerprint density at radius 2 is 1.62 bits per heavy atom. The fraction of sp³-hybridized carbons (Fsp3) is 0.739. The number of rotatable bonds is 9. The van der Waals surface area contributed by atoms with Crippen molar-refractivity contribution in [1.29, 1.82) is 0 Å². The van der Waals surface area contributed by atoms with E-state index in [1.807, 2.05) is 0 Å². The van der Waals surface area contributed by atoms with E-state index in [-0.39, 0.29) is 5.56 Å². The SMILES string of the molecule is CC[Si](CC)(CC)OC(CNC1CC2C(C1)C2(C)C)c1ccccc1C(F)(F)F. The minimum atomic E-state index is -4.37. The Hall–Kier alpha value is -0.853. The Morgan fingerprint density at radius 3 is 2.14 bits per heavy atom. The standard InChI is InChI=1S/C23H36F3NOSi/c1-6-29(7-2,8-3)28-21(17-11-9-10-12-18(17)23(24,25)26)15-27-16-13-19-20(14-16)22(19,4)5/h9-12,16,19-21,27H,6-8,13-15H2,1-5H3. The van der Waals surface area contributed by atoms with Crippen molar-refractivity contribution in [2.75, 3.05) is 6.54 Å². The molecule has 0 spiro atoms. The van der Waals surface area contributed by atoms with Crippen LogP contribution in [0.15, 0.2) is 24.3 Å². The molecule has 29 heavy (non-hydrogen) atoms. The Balaban J connectivity index is 1.80. The summed E-state index contributed by atoms with van der Waals surface area (Å²) in [6.07, 6.45) is -2.66. The van der Waals surface area contributed by atoms with E-state index < -0.39 is 26.2 Å². The van der Waals surface area contributed by atoms with Gasteiger partial charge >= 0.3 is 6.18 Å². The van der Waals surface area contributed by atoms with Crippen LogP contribution in [0.2, 0.25) is 18.1 Å². The fourth-order valence-electron chi connectivity index (χ4n) is 5.50. The van der Waals surface area contributed by atoms with Gasteiger partial charge in [-0.15, -0.1) is 0 Å². The van der Waals surface area contributed by atoms with Crippen LogP contribution in [0.5, 0.6) is 0 Å². The molecule has 0 heterocycles. The minimum absolute atomic E-state index is 0.281. The van der Waals surface area contributed by atoms with E-state index in [2.05, 4.69) is 39.9 Å². The number of halogens is 3. The smallest absolute Gasteiger partial charge is 0.409 e. The zero-order valence-electron chi connectivity index (χ0n) is 18.4. The molecule has 1 aromatic carbocycles. The van der Waals surface area contributed by atoms with E-state index in [0.29, 0.717) is 18.0 Å². The van der Waals surface area contributed by atoms with Crippen LogP contribution in [0.3, 0.4) is 0 Å². The molecule has 2 saturated carbocycles. The quantitative estimate of drug-likeness (QED) is 0.438. The van der Waals surface area contributed by atoms with Gasteiger partial charge in [-0.05, 0) is 59.9 Å². The summed E-state index contributed by atoms with van der Waals surface area (Å²) in [4.78, 5) is 0. The van der Waals surface area contributed by atoms with Crippen molar-refractivity contribution in [3.63, 3.8) is 0 Å². The Labute approximate surface area is 174 Å². The molecule has 2 aliphatic rings. The molecule has 6 heteroatoms. The van der Waals surface area contributed by atoms with E-state index in [4.69, 9.17) is 4.43 Å². The molecule has 0 aliphatic heterocycles. The normalized spacial score (nSPS) is 27.0. The summed E-state index contributed by atoms with van der Waals surface area (Å²) in [5.74, 6) is 1.52. The van der Waals surface area contributed by atoms with Gasteiger partial charge in [-0.25, -0.2) is 0 Å². The molecule has 3 unspecified atom stereocenters. The average molecular weight is 428 g/mol. The third kappa shape index (κ3) is 4.59. The molecular weight excluding hydrogens is 391 g/mol. The van der Waals surface area contributed by atoms with Gasteiger partial charge in [0.25, 0.3) is 0 Å². The van der Waals surface area contributed by atoms with E-state index in [1.165, 1.54) is 12.1 Å². The Morgan fingerprint density at radius 1 is 1.07 bits per heavy atom. The third-order valence-electron chi connectivity index (χ3n) is 7.90. The lowest BCUT2D eigenvalue weighted by molar-refractivity contribution is -0.139. The first-order valence-corrected chi connectivity index (χ1v) is 13.7. The Kier molecular flexibility index (Phi) is 6.57. The highest BCUT2D eigenvalue weighted by molar-refractivity contribution is 6.73. The van der Waals surface area contributed by atoms with Gasteiger partial charge in [-0.2, -0.15) is 13.2 Å². The van der Waals surface area contributed by atoms with Gasteiger partial charge in [-0.1, -0.05) is 52.8 Å². The van der Waals surface area contributed by atoms with Crippen molar-refractivity contribution in [3.8, 4) is 0 Å². The highest BCUT2D eigenvalue weighted by Crippen LogP contribution is 2.66. The van der Waals surface area contributed by atoms with Gasteiger partial charge < -0.3 is 9.74 Å². The topological polar surface area (TPSA) is 21.3 Å². The maximum Gasteiger partial charge on any atom is 0.416 e. The summed E-state index contributed by atoms with van der Waals surface area (Å²) >= 11 is 0. The van der Waals surface area contributed by atoms with Gasteiger partial charge in [0.15, 0.2) is 8.32 Å². The zero-order valence-corrected chi connectivity index (χ0v) is 19.4. The summed E-state index contributed by atoms with van der Waals surface area (Å²) in [5, 5.41) is 3.58. The van der Waals surface area contributed by atoms with Crippen LogP contribution in [0, 0.1) is 17.3 Å². The highest BCUT2D eigenvalue weighted by Gasteiger charge is 2.61. The largest absolute Gasteiger partial charge is 0.416 e. The molecule has 3 atom stereocenters. The molecule has 0 bridgehead atoms. The molecule has 3 rings (SSSR count). The van der Waals surface area contributed by atoms with Crippen LogP contribution in [0.1, 0.15) is 64.7 Å². The van der Waals surface area contributed by atoms with E-state index >= 15 is 0 Å². The van der Waals surface area contributed by atoms with E-state index in [1.54, 1.807) is 12.1 Å². The lowest BCUT2D eigenvalue weighted by Crippen LogP contribution is -2.42. The summed E-state index contributed by atoms with van der Waals surface area (Å²) in [5.41, 5.74) is 0.169. The predicted octanol–water partition coefficient (Wildman–Crippen LogP) is 6.79. The van der Waals surface area contributed by atoms with Crippen molar-refractivity contribution >= 4 is 8.32 Å². The summed E-state index contributed by atoms with van der Waals surface area (Å²) < 4.78 is 47.7. The molecular formula is C23H36F3NOSi. The maximum absolute atomic E-state index is 13.7. The molecule has 0 aromatic heterocycles. The molecule has 2 nitrogen and oxygen atoms in total. The maximum atomic E-state index is 13.7. The molecule has 2 fully saturated rings. The molecule has 1 N–H and O–H groups in total. The monoisotopic (exact) mass is 427 g/mol. The first-order chi connectivity index (χ1) is 13.6. The first kappa shape index (κ1) is 22.8. The highest BCUT2D eigenvalue weighted by atomic mass is 28.4. The molecule has 0 radical (unpaired) electrons. The van der Waals surface area contributed by atoms with Crippen molar-refractivity contribution in [1.82, 2.24) is 5.32 Å². The predicted molar refractivity (Wildman–Crippen MR) is 114 cm³/mol. The first-order valence-electron chi connectivity index (χ1n) is 11.1. The molecule has 1 aromatic rings. The number of hydrogen-bond acceptors (Lipinski definition) is 2. The second kappa shape index (κ2) is 8.35. The van der Waals surface area contributed by atoms with Crippen molar-refractivity contribution in [3.05, 3.63) is 35.4 Å². The second-order valence-corrected chi connectivity index (χ2v) is 14.3. The van der Waals surface area contributed by atoms with Crippen molar-refractivity contribution in [2.24, 2.45) is 17.3 Å². The number of alkyl halides is 3. The zero-order chi connectivity index (χ0) is 21.4. The van der Waals surface area contributed by atoms with Gasteiger partial charge in [0.05, 0.1) is 11.7 Å². The molecule has 0 amide bonds. The van der Waals surface area contributed by atoms with Gasteiger partial charge in [0.1, 0.15) is 0 Å². The van der Waals surface area contributed by atoms with E-state index in [0.717, 1.165) is 42.8 Å². The molecule has 164 valence electrons. The van der Waals surface area contributed by atoms with Crippen molar-refractivity contribution < 1.29 is 17.6 Å². The lowest BCUT2D eigenvalue weighted by atomic mass is 9.97.